The summed E-state index contributed by atoms with van der Waals surface area (Å²) < 4.78 is 16.7. The van der Waals surface area contributed by atoms with E-state index in [2.05, 4.69) is 21.7 Å². The van der Waals surface area contributed by atoms with Crippen molar-refractivity contribution in [2.45, 2.75) is 33.9 Å². The molecule has 2 N–H and O–H groups in total. The first kappa shape index (κ1) is 24.9. The third-order valence-electron chi connectivity index (χ3n) is 4.01. The number of para-hydroxylation sites is 1. The summed E-state index contributed by atoms with van der Waals surface area (Å²) in [6, 6.07) is 13.9. The Bertz CT molecular complexity index is 769. The van der Waals surface area contributed by atoms with Gasteiger partial charge < -0.3 is 24.8 Å². The van der Waals surface area contributed by atoms with Crippen LogP contribution in [0.3, 0.4) is 0 Å². The van der Waals surface area contributed by atoms with E-state index in [0.717, 1.165) is 40.9 Å². The Kier molecular flexibility index (Phi) is 11.9. The molecule has 0 atom stereocenters. The number of aliphatic imine (C=N–C) groups is 1. The van der Waals surface area contributed by atoms with Gasteiger partial charge in [0.15, 0.2) is 17.5 Å². The molecule has 0 saturated heterocycles. The molecule has 29 heavy (non-hydrogen) atoms. The van der Waals surface area contributed by atoms with Gasteiger partial charge in [0.25, 0.3) is 0 Å². The number of methoxy groups -OCH3 is 1. The number of nitrogens with zero attached hydrogens (tertiary/aromatic N) is 1. The number of hydrogen-bond donors (Lipinski definition) is 2. The average Bonchev–Trinajstić information content (AvgIpc) is 2.71. The van der Waals surface area contributed by atoms with Crippen LogP contribution in [-0.4, -0.2) is 32.8 Å². The molecule has 0 unspecified atom stereocenters. The summed E-state index contributed by atoms with van der Waals surface area (Å²) >= 11 is 0. The van der Waals surface area contributed by atoms with Crippen molar-refractivity contribution in [2.75, 3.05) is 26.9 Å². The molecule has 0 bridgehead atoms. The summed E-state index contributed by atoms with van der Waals surface area (Å²) in [5.74, 6) is 3.11. The third kappa shape index (κ3) is 8.00. The molecule has 0 amide bonds. The minimum atomic E-state index is 0. The maximum absolute atomic E-state index is 5.69. The molecule has 0 radical (unpaired) electrons. The van der Waals surface area contributed by atoms with Crippen LogP contribution in [0.2, 0.25) is 0 Å². The first-order valence-corrected chi connectivity index (χ1v) is 9.74. The number of nitrogens with one attached hydrogen (secondary N) is 2. The van der Waals surface area contributed by atoms with Crippen LogP contribution in [0.5, 0.6) is 17.2 Å². The fourth-order valence-electron chi connectivity index (χ4n) is 2.72. The number of halogens is 1. The Morgan fingerprint density at radius 1 is 0.897 bits per heavy atom. The molecule has 0 aliphatic heterocycles. The molecule has 6 nitrogen and oxygen atoms in total. The summed E-state index contributed by atoms with van der Waals surface area (Å²) in [7, 11) is 1.64. The van der Waals surface area contributed by atoms with Gasteiger partial charge in [-0.25, -0.2) is 4.99 Å². The minimum absolute atomic E-state index is 0. The van der Waals surface area contributed by atoms with E-state index in [9.17, 15) is 0 Å². The summed E-state index contributed by atoms with van der Waals surface area (Å²) in [6.07, 6.45) is 0. The first-order valence-electron chi connectivity index (χ1n) is 9.74. The van der Waals surface area contributed by atoms with Gasteiger partial charge in [0.1, 0.15) is 5.75 Å². The Morgan fingerprint density at radius 2 is 1.62 bits per heavy atom. The van der Waals surface area contributed by atoms with Gasteiger partial charge in [-0.1, -0.05) is 24.3 Å². The topological polar surface area (TPSA) is 64.1 Å². The lowest BCUT2D eigenvalue weighted by molar-refractivity contribution is 0.310. The summed E-state index contributed by atoms with van der Waals surface area (Å²) in [6.45, 7) is 9.18. The van der Waals surface area contributed by atoms with Gasteiger partial charge in [-0.3, -0.25) is 0 Å². The molecule has 0 aliphatic carbocycles. The lowest BCUT2D eigenvalue weighted by Crippen LogP contribution is -2.36. The Hall–Kier alpha value is -2.16. The van der Waals surface area contributed by atoms with E-state index >= 15 is 0 Å². The van der Waals surface area contributed by atoms with E-state index in [1.54, 1.807) is 7.11 Å². The van der Waals surface area contributed by atoms with Gasteiger partial charge in [0, 0.05) is 18.7 Å². The van der Waals surface area contributed by atoms with Crippen LogP contribution in [0.15, 0.2) is 47.5 Å². The Morgan fingerprint density at radius 3 is 2.31 bits per heavy atom. The maximum Gasteiger partial charge on any atom is 0.191 e. The number of ether oxygens (including phenoxy) is 3. The molecule has 0 spiro atoms. The molecule has 160 valence electrons. The molecule has 2 aromatic rings. The number of benzene rings is 2. The highest BCUT2D eigenvalue weighted by atomic mass is 127. The van der Waals surface area contributed by atoms with Crippen molar-refractivity contribution >= 4 is 29.9 Å². The summed E-state index contributed by atoms with van der Waals surface area (Å²) in [5.41, 5.74) is 2.15. The van der Waals surface area contributed by atoms with Gasteiger partial charge in [-0.15, -0.1) is 24.0 Å². The van der Waals surface area contributed by atoms with Crippen LogP contribution in [0.25, 0.3) is 0 Å². The number of guanidine groups is 1. The predicted octanol–water partition coefficient (Wildman–Crippen LogP) is 4.37. The molecule has 0 aliphatic rings. The second-order valence-corrected chi connectivity index (χ2v) is 6.01. The van der Waals surface area contributed by atoms with E-state index in [1.165, 1.54) is 0 Å². The zero-order valence-corrected chi connectivity index (χ0v) is 20.0. The highest BCUT2D eigenvalue weighted by Crippen LogP contribution is 2.28. The van der Waals surface area contributed by atoms with Crippen LogP contribution in [0.4, 0.5) is 0 Å². The summed E-state index contributed by atoms with van der Waals surface area (Å²) in [4.78, 5) is 4.69. The van der Waals surface area contributed by atoms with Gasteiger partial charge in [0.2, 0.25) is 0 Å². The van der Waals surface area contributed by atoms with Crippen molar-refractivity contribution in [1.82, 2.24) is 10.6 Å². The van der Waals surface area contributed by atoms with Crippen LogP contribution in [0.1, 0.15) is 31.9 Å². The summed E-state index contributed by atoms with van der Waals surface area (Å²) in [5, 5.41) is 6.65. The second kappa shape index (κ2) is 13.9. The van der Waals surface area contributed by atoms with Crippen molar-refractivity contribution in [1.29, 1.82) is 0 Å². The molecule has 0 saturated carbocycles. The number of rotatable bonds is 10. The normalized spacial score (nSPS) is 10.7. The van der Waals surface area contributed by atoms with Crippen LogP contribution in [0, 0.1) is 0 Å². The average molecular weight is 513 g/mol. The van der Waals surface area contributed by atoms with E-state index in [0.29, 0.717) is 26.3 Å². The largest absolute Gasteiger partial charge is 0.494 e. The Balaban J connectivity index is 0.00000420. The zero-order chi connectivity index (χ0) is 20.2. The minimum Gasteiger partial charge on any atom is -0.494 e. The molecule has 0 heterocycles. The van der Waals surface area contributed by atoms with E-state index in [-0.39, 0.29) is 24.0 Å². The van der Waals surface area contributed by atoms with Crippen LogP contribution >= 0.6 is 24.0 Å². The van der Waals surface area contributed by atoms with Gasteiger partial charge in [-0.05, 0) is 44.5 Å². The predicted molar refractivity (Wildman–Crippen MR) is 129 cm³/mol. The molecule has 0 aromatic heterocycles. The highest BCUT2D eigenvalue weighted by molar-refractivity contribution is 14.0. The van der Waals surface area contributed by atoms with E-state index in [1.807, 2.05) is 57.2 Å². The monoisotopic (exact) mass is 513 g/mol. The number of hydrogen-bond acceptors (Lipinski definition) is 4. The van der Waals surface area contributed by atoms with E-state index < -0.39 is 0 Å². The zero-order valence-electron chi connectivity index (χ0n) is 17.7. The maximum atomic E-state index is 5.69. The van der Waals surface area contributed by atoms with Crippen molar-refractivity contribution in [2.24, 2.45) is 4.99 Å². The standard InChI is InChI=1S/C22H31N3O3.HI/c1-5-23-22(25-16-18-10-8-9-11-19(18)27-6-2)24-15-17-12-13-20(26-4)21(14-17)28-7-3;/h8-14H,5-7,15-16H2,1-4H3,(H2,23,24,25);1H. The van der Waals surface area contributed by atoms with Crippen LogP contribution < -0.4 is 24.8 Å². The smallest absolute Gasteiger partial charge is 0.191 e. The molecule has 0 fully saturated rings. The molecular formula is C22H32IN3O3. The molecular weight excluding hydrogens is 481 g/mol. The highest BCUT2D eigenvalue weighted by Gasteiger charge is 2.07. The van der Waals surface area contributed by atoms with Crippen molar-refractivity contribution < 1.29 is 14.2 Å². The van der Waals surface area contributed by atoms with Gasteiger partial charge in [-0.2, -0.15) is 0 Å². The Labute approximate surface area is 191 Å². The molecule has 2 rings (SSSR count). The fraction of sp³-hybridized carbons (Fsp3) is 0.409. The second-order valence-electron chi connectivity index (χ2n) is 6.01. The van der Waals surface area contributed by atoms with Crippen molar-refractivity contribution in [3.05, 3.63) is 53.6 Å². The molecule has 7 heteroatoms. The lowest BCUT2D eigenvalue weighted by atomic mass is 10.2. The van der Waals surface area contributed by atoms with Crippen molar-refractivity contribution in [3.8, 4) is 17.2 Å². The quantitative estimate of drug-likeness (QED) is 0.281. The fourth-order valence-corrected chi connectivity index (χ4v) is 2.72. The van der Waals surface area contributed by atoms with Crippen molar-refractivity contribution in [3.63, 3.8) is 0 Å². The van der Waals surface area contributed by atoms with Gasteiger partial charge >= 0.3 is 0 Å². The third-order valence-corrected chi connectivity index (χ3v) is 4.01. The van der Waals surface area contributed by atoms with E-state index in [4.69, 9.17) is 14.2 Å². The molecule has 2 aromatic carbocycles. The van der Waals surface area contributed by atoms with Gasteiger partial charge in [0.05, 0.1) is 26.9 Å². The SMILES string of the molecule is CCNC(=NCc1ccc(OC)c(OCC)c1)NCc1ccccc1OCC.I. The lowest BCUT2D eigenvalue weighted by Gasteiger charge is -2.14. The first-order chi connectivity index (χ1) is 13.7. The van der Waals surface area contributed by atoms with Crippen LogP contribution in [-0.2, 0) is 13.1 Å².